The topological polar surface area (TPSA) is 58.6 Å². The van der Waals surface area contributed by atoms with E-state index in [-0.39, 0.29) is 24.5 Å². The summed E-state index contributed by atoms with van der Waals surface area (Å²) in [6.45, 7) is 9.98. The van der Waals surface area contributed by atoms with Gasteiger partial charge in [0.15, 0.2) is 6.61 Å². The maximum absolute atomic E-state index is 13.0. The van der Waals surface area contributed by atoms with Crippen molar-refractivity contribution in [1.29, 1.82) is 0 Å². The molecule has 156 valence electrons. The van der Waals surface area contributed by atoms with Crippen molar-refractivity contribution in [3.63, 3.8) is 0 Å². The summed E-state index contributed by atoms with van der Waals surface area (Å²) in [5.74, 6) is 0.254. The summed E-state index contributed by atoms with van der Waals surface area (Å²) in [6.07, 6.45) is 0.834. The highest BCUT2D eigenvalue weighted by Gasteiger charge is 2.27. The number of carbonyl (C=O) groups is 2. The molecule has 2 amide bonds. The third-order valence-corrected chi connectivity index (χ3v) is 5.03. The zero-order chi connectivity index (χ0) is 21.4. The van der Waals surface area contributed by atoms with Crippen molar-refractivity contribution >= 4 is 11.8 Å². The van der Waals surface area contributed by atoms with Gasteiger partial charge < -0.3 is 15.0 Å². The highest BCUT2D eigenvalue weighted by Crippen LogP contribution is 2.14. The first-order valence-electron chi connectivity index (χ1n) is 10.1. The van der Waals surface area contributed by atoms with Crippen LogP contribution in [-0.4, -0.2) is 35.4 Å². The van der Waals surface area contributed by atoms with Gasteiger partial charge in [0.05, 0.1) is 0 Å². The fourth-order valence-electron chi connectivity index (χ4n) is 2.80. The number of carbonyl (C=O) groups excluding carboxylic acids is 2. The molecule has 0 spiro atoms. The first-order chi connectivity index (χ1) is 13.8. The maximum atomic E-state index is 13.0. The van der Waals surface area contributed by atoms with Crippen molar-refractivity contribution in [3.05, 3.63) is 65.2 Å². The summed E-state index contributed by atoms with van der Waals surface area (Å²) in [6, 6.07) is 15.0. The zero-order valence-corrected chi connectivity index (χ0v) is 18.1. The van der Waals surface area contributed by atoms with E-state index in [4.69, 9.17) is 4.74 Å². The third-order valence-electron chi connectivity index (χ3n) is 5.03. The molecular weight excluding hydrogens is 364 g/mol. The Kier molecular flexibility index (Phi) is 8.25. The van der Waals surface area contributed by atoms with Gasteiger partial charge in [-0.15, -0.1) is 0 Å². The molecule has 0 saturated carbocycles. The Morgan fingerprint density at radius 1 is 0.966 bits per heavy atom. The third kappa shape index (κ3) is 6.93. The van der Waals surface area contributed by atoms with Crippen LogP contribution in [0.3, 0.4) is 0 Å². The van der Waals surface area contributed by atoms with Crippen molar-refractivity contribution in [2.45, 2.75) is 59.7 Å². The van der Waals surface area contributed by atoms with E-state index in [2.05, 4.69) is 5.32 Å². The van der Waals surface area contributed by atoms with Gasteiger partial charge in [0.2, 0.25) is 5.91 Å². The highest BCUT2D eigenvalue weighted by molar-refractivity contribution is 5.88. The predicted molar refractivity (Wildman–Crippen MR) is 116 cm³/mol. The first kappa shape index (κ1) is 22.5. The number of benzene rings is 2. The van der Waals surface area contributed by atoms with Gasteiger partial charge in [-0.25, -0.2) is 0 Å². The minimum atomic E-state index is -0.598. The van der Waals surface area contributed by atoms with Gasteiger partial charge in [0.1, 0.15) is 11.8 Å². The van der Waals surface area contributed by atoms with Crippen LogP contribution >= 0.6 is 0 Å². The Bertz CT molecular complexity index is 800. The molecule has 5 heteroatoms. The van der Waals surface area contributed by atoms with Gasteiger partial charge in [0, 0.05) is 12.6 Å². The van der Waals surface area contributed by atoms with Crippen molar-refractivity contribution < 1.29 is 14.3 Å². The number of rotatable bonds is 9. The lowest BCUT2D eigenvalue weighted by Gasteiger charge is -2.29. The van der Waals surface area contributed by atoms with E-state index in [1.165, 1.54) is 0 Å². The Labute approximate surface area is 174 Å². The van der Waals surface area contributed by atoms with Crippen LogP contribution in [0, 0.1) is 13.8 Å². The maximum Gasteiger partial charge on any atom is 0.261 e. The normalized spacial score (nSPS) is 12.7. The van der Waals surface area contributed by atoms with Crippen LogP contribution in [0.25, 0.3) is 0 Å². The molecule has 1 N–H and O–H groups in total. The van der Waals surface area contributed by atoms with Crippen LogP contribution in [0.4, 0.5) is 0 Å². The fourth-order valence-corrected chi connectivity index (χ4v) is 2.80. The molecule has 0 heterocycles. The lowest BCUT2D eigenvalue weighted by atomic mass is 10.1. The largest absolute Gasteiger partial charge is 0.484 e. The second-order valence-corrected chi connectivity index (χ2v) is 7.60. The van der Waals surface area contributed by atoms with E-state index < -0.39 is 6.04 Å². The molecular formula is C24H32N2O3. The number of nitrogens with zero attached hydrogens (tertiary/aromatic N) is 1. The van der Waals surface area contributed by atoms with Gasteiger partial charge in [-0.2, -0.15) is 0 Å². The average Bonchev–Trinajstić information content (AvgIpc) is 2.72. The molecule has 0 aromatic heterocycles. The fraction of sp³-hybridized carbons (Fsp3) is 0.417. The lowest BCUT2D eigenvalue weighted by molar-refractivity contribution is -0.142. The Morgan fingerprint density at radius 2 is 1.52 bits per heavy atom. The average molecular weight is 397 g/mol. The van der Waals surface area contributed by atoms with Gasteiger partial charge in [-0.05, 0) is 51.8 Å². The van der Waals surface area contributed by atoms with Gasteiger partial charge >= 0.3 is 0 Å². The monoisotopic (exact) mass is 396 g/mol. The number of amides is 2. The quantitative estimate of drug-likeness (QED) is 0.697. The SMILES string of the molecule is CCC(C)NC(=O)C(C)N(Cc1ccc(C)cc1)C(=O)COc1ccc(C)cc1. The Morgan fingerprint density at radius 3 is 2.07 bits per heavy atom. The van der Waals surface area contributed by atoms with Crippen LogP contribution in [0.15, 0.2) is 48.5 Å². The second-order valence-electron chi connectivity index (χ2n) is 7.60. The molecule has 29 heavy (non-hydrogen) atoms. The Balaban J connectivity index is 2.13. The number of nitrogens with one attached hydrogen (secondary N) is 1. The van der Waals surface area contributed by atoms with Crippen LogP contribution in [0.2, 0.25) is 0 Å². The molecule has 0 radical (unpaired) electrons. The highest BCUT2D eigenvalue weighted by atomic mass is 16.5. The van der Waals surface area contributed by atoms with Crippen LogP contribution in [0.5, 0.6) is 5.75 Å². The van der Waals surface area contributed by atoms with E-state index >= 15 is 0 Å². The molecule has 0 aliphatic rings. The number of hydrogen-bond acceptors (Lipinski definition) is 3. The number of aryl methyl sites for hydroxylation is 2. The first-order valence-corrected chi connectivity index (χ1v) is 10.1. The van der Waals surface area contributed by atoms with Crippen molar-refractivity contribution in [2.24, 2.45) is 0 Å². The Hall–Kier alpha value is -2.82. The molecule has 0 saturated heterocycles. The second kappa shape index (κ2) is 10.6. The van der Waals surface area contributed by atoms with Crippen LogP contribution in [-0.2, 0) is 16.1 Å². The molecule has 2 rings (SSSR count). The molecule has 5 nitrogen and oxygen atoms in total. The summed E-state index contributed by atoms with van der Waals surface area (Å²) in [4.78, 5) is 27.2. The summed E-state index contributed by atoms with van der Waals surface area (Å²) < 4.78 is 5.67. The van der Waals surface area contributed by atoms with Crippen molar-refractivity contribution in [3.8, 4) is 5.75 Å². The molecule has 2 atom stereocenters. The van der Waals surface area contributed by atoms with Crippen LogP contribution in [0.1, 0.15) is 43.9 Å². The van der Waals surface area contributed by atoms with Crippen molar-refractivity contribution in [2.75, 3.05) is 6.61 Å². The number of hydrogen-bond donors (Lipinski definition) is 1. The van der Waals surface area contributed by atoms with Crippen LogP contribution < -0.4 is 10.1 Å². The van der Waals surface area contributed by atoms with E-state index in [1.807, 2.05) is 76.2 Å². The molecule has 0 fully saturated rings. The summed E-state index contributed by atoms with van der Waals surface area (Å²) in [5, 5.41) is 2.97. The molecule has 0 aliphatic carbocycles. The van der Waals surface area contributed by atoms with E-state index in [1.54, 1.807) is 11.8 Å². The lowest BCUT2D eigenvalue weighted by Crippen LogP contribution is -2.50. The number of ether oxygens (including phenoxy) is 1. The summed E-state index contributed by atoms with van der Waals surface area (Å²) in [5.41, 5.74) is 3.25. The smallest absolute Gasteiger partial charge is 0.261 e. The molecule has 0 aliphatic heterocycles. The van der Waals surface area contributed by atoms with E-state index in [0.717, 1.165) is 23.1 Å². The van der Waals surface area contributed by atoms with Gasteiger partial charge in [0.25, 0.3) is 5.91 Å². The minimum Gasteiger partial charge on any atom is -0.484 e. The predicted octanol–water partition coefficient (Wildman–Crippen LogP) is 4.01. The van der Waals surface area contributed by atoms with E-state index in [9.17, 15) is 9.59 Å². The molecule has 2 aromatic rings. The standard InChI is InChI=1S/C24H32N2O3/c1-6-19(4)25-24(28)20(5)26(15-21-11-7-17(2)8-12-21)23(27)16-29-22-13-9-18(3)10-14-22/h7-14,19-20H,6,15-16H2,1-5H3,(H,25,28). The van der Waals surface area contributed by atoms with Crippen molar-refractivity contribution in [1.82, 2.24) is 10.2 Å². The summed E-state index contributed by atoms with van der Waals surface area (Å²) in [7, 11) is 0. The minimum absolute atomic E-state index is 0.0603. The zero-order valence-electron chi connectivity index (χ0n) is 18.1. The van der Waals surface area contributed by atoms with Gasteiger partial charge in [-0.1, -0.05) is 54.4 Å². The summed E-state index contributed by atoms with van der Waals surface area (Å²) >= 11 is 0. The molecule has 2 aromatic carbocycles. The van der Waals surface area contributed by atoms with Gasteiger partial charge in [-0.3, -0.25) is 9.59 Å². The molecule has 0 bridgehead atoms. The molecule has 2 unspecified atom stereocenters. The van der Waals surface area contributed by atoms with E-state index in [0.29, 0.717) is 12.3 Å².